The minimum atomic E-state index is -0.381. The summed E-state index contributed by atoms with van der Waals surface area (Å²) in [6.07, 6.45) is -0.381. The highest BCUT2D eigenvalue weighted by Crippen LogP contribution is 2.29. The lowest BCUT2D eigenvalue weighted by Gasteiger charge is -2.30. The van der Waals surface area contributed by atoms with Crippen molar-refractivity contribution < 1.29 is 19.3 Å². The van der Waals surface area contributed by atoms with Crippen LogP contribution in [0.5, 0.6) is 11.5 Å². The number of benzene rings is 2. The third kappa shape index (κ3) is 7.01. The van der Waals surface area contributed by atoms with Gasteiger partial charge in [0.05, 0.1) is 26.4 Å². The zero-order chi connectivity index (χ0) is 20.5. The number of aliphatic hydroxyl groups excluding tert-OH is 1. The predicted octanol–water partition coefficient (Wildman–Crippen LogP) is 2.40. The number of hydrogen-bond donors (Lipinski definition) is 1. The van der Waals surface area contributed by atoms with Gasteiger partial charge in [0.1, 0.15) is 6.61 Å². The molecule has 1 fully saturated rings. The molecular weight excluding hydrogens is 368 g/mol. The number of methoxy groups -OCH3 is 1. The van der Waals surface area contributed by atoms with E-state index in [0.717, 1.165) is 55.5 Å². The monoisotopic (exact) mass is 400 g/mol. The van der Waals surface area contributed by atoms with Gasteiger partial charge in [0.15, 0.2) is 11.5 Å². The van der Waals surface area contributed by atoms with E-state index < -0.39 is 0 Å². The fourth-order valence-electron chi connectivity index (χ4n) is 3.54. The van der Waals surface area contributed by atoms with Crippen LogP contribution < -0.4 is 9.47 Å². The van der Waals surface area contributed by atoms with Gasteiger partial charge in [-0.2, -0.15) is 0 Å². The van der Waals surface area contributed by atoms with Crippen molar-refractivity contribution in [3.05, 3.63) is 59.7 Å². The number of morpholine rings is 1. The molecule has 2 aromatic rings. The van der Waals surface area contributed by atoms with Crippen molar-refractivity contribution in [1.29, 1.82) is 0 Å². The van der Waals surface area contributed by atoms with Crippen LogP contribution in [0.1, 0.15) is 11.1 Å². The first-order valence-electron chi connectivity index (χ1n) is 10.1. The summed E-state index contributed by atoms with van der Waals surface area (Å²) in [6, 6.07) is 16.1. The van der Waals surface area contributed by atoms with Crippen LogP contribution in [-0.2, 0) is 17.9 Å². The van der Waals surface area contributed by atoms with Crippen LogP contribution in [0.15, 0.2) is 48.5 Å². The van der Waals surface area contributed by atoms with Crippen LogP contribution in [-0.4, -0.2) is 74.6 Å². The maximum Gasteiger partial charge on any atom is 0.161 e. The van der Waals surface area contributed by atoms with Gasteiger partial charge in [-0.05, 0) is 30.3 Å². The Labute approximate surface area is 173 Å². The molecule has 1 N–H and O–H groups in total. The number of aliphatic hydroxyl groups is 1. The van der Waals surface area contributed by atoms with E-state index in [1.54, 1.807) is 7.11 Å². The van der Waals surface area contributed by atoms with Crippen LogP contribution in [0.2, 0.25) is 0 Å². The topological polar surface area (TPSA) is 54.4 Å². The minimum absolute atomic E-state index is 0.381. The summed E-state index contributed by atoms with van der Waals surface area (Å²) in [6.45, 7) is 5.82. The molecule has 0 amide bonds. The van der Waals surface area contributed by atoms with Crippen LogP contribution in [0.25, 0.3) is 0 Å². The van der Waals surface area contributed by atoms with Crippen molar-refractivity contribution >= 4 is 0 Å². The molecule has 0 bridgehead atoms. The summed E-state index contributed by atoms with van der Waals surface area (Å²) < 4.78 is 16.8. The van der Waals surface area contributed by atoms with E-state index in [9.17, 15) is 5.11 Å². The van der Waals surface area contributed by atoms with Gasteiger partial charge in [0.2, 0.25) is 0 Å². The molecule has 0 aliphatic carbocycles. The summed E-state index contributed by atoms with van der Waals surface area (Å²) in [5, 5.41) is 10.4. The fraction of sp³-hybridized carbons (Fsp3) is 0.478. The highest BCUT2D eigenvalue weighted by molar-refractivity contribution is 5.43. The van der Waals surface area contributed by atoms with E-state index in [2.05, 4.69) is 9.80 Å². The molecule has 0 saturated carbocycles. The molecule has 6 nitrogen and oxygen atoms in total. The molecule has 29 heavy (non-hydrogen) atoms. The first-order chi connectivity index (χ1) is 14.1. The number of likely N-dealkylation sites (N-methyl/N-ethyl adjacent to an activating group) is 1. The molecule has 6 heteroatoms. The predicted molar refractivity (Wildman–Crippen MR) is 113 cm³/mol. The summed E-state index contributed by atoms with van der Waals surface area (Å²) in [5.74, 6) is 1.45. The number of ether oxygens (including phenoxy) is 3. The van der Waals surface area contributed by atoms with Crippen LogP contribution in [0.4, 0.5) is 0 Å². The van der Waals surface area contributed by atoms with Crippen molar-refractivity contribution in [2.75, 3.05) is 53.6 Å². The van der Waals surface area contributed by atoms with Crippen molar-refractivity contribution in [3.8, 4) is 11.5 Å². The average molecular weight is 401 g/mol. The zero-order valence-corrected chi connectivity index (χ0v) is 17.4. The van der Waals surface area contributed by atoms with Gasteiger partial charge < -0.3 is 19.3 Å². The SMILES string of the molecule is COc1cc(CN(C)C[C@H](O)CN2CCOCC2)ccc1OCc1ccccc1. The fourth-order valence-corrected chi connectivity index (χ4v) is 3.54. The van der Waals surface area contributed by atoms with Crippen molar-refractivity contribution in [1.82, 2.24) is 9.80 Å². The second kappa shape index (κ2) is 11.2. The van der Waals surface area contributed by atoms with Crippen molar-refractivity contribution in [3.63, 3.8) is 0 Å². The molecular formula is C23H32N2O4. The standard InChI is InChI=1S/C23H32N2O4/c1-24(16-21(26)17-25-10-12-28-13-11-25)15-20-8-9-22(23(14-20)27-2)29-18-19-6-4-3-5-7-19/h3-9,14,21,26H,10-13,15-18H2,1-2H3/t21-/m0/s1. The van der Waals surface area contributed by atoms with E-state index >= 15 is 0 Å². The first kappa shape index (κ1) is 21.6. The third-order valence-electron chi connectivity index (χ3n) is 5.01. The molecule has 0 radical (unpaired) electrons. The van der Waals surface area contributed by atoms with Crippen molar-refractivity contribution in [2.24, 2.45) is 0 Å². The molecule has 0 aromatic heterocycles. The molecule has 1 aliphatic rings. The summed E-state index contributed by atoms with van der Waals surface area (Å²) in [5.41, 5.74) is 2.24. The zero-order valence-electron chi connectivity index (χ0n) is 17.4. The highest BCUT2D eigenvalue weighted by Gasteiger charge is 2.16. The molecule has 1 saturated heterocycles. The second-order valence-corrected chi connectivity index (χ2v) is 7.52. The number of nitrogens with zero attached hydrogens (tertiary/aromatic N) is 2. The van der Waals surface area contributed by atoms with E-state index in [0.29, 0.717) is 19.7 Å². The van der Waals surface area contributed by atoms with Crippen LogP contribution >= 0.6 is 0 Å². The lowest BCUT2D eigenvalue weighted by atomic mass is 10.1. The molecule has 1 heterocycles. The quantitative estimate of drug-likeness (QED) is 0.661. The Kier molecular flexibility index (Phi) is 8.31. The maximum absolute atomic E-state index is 10.4. The smallest absolute Gasteiger partial charge is 0.161 e. The number of β-amino-alcohol motifs (C(OH)–C–C–N with tert-alkyl or cyclic N) is 1. The molecule has 3 rings (SSSR count). The Morgan fingerprint density at radius 1 is 1.07 bits per heavy atom. The van der Waals surface area contributed by atoms with Gasteiger partial charge >= 0.3 is 0 Å². The van der Waals surface area contributed by atoms with E-state index in [1.807, 2.05) is 55.6 Å². The highest BCUT2D eigenvalue weighted by atomic mass is 16.5. The lowest BCUT2D eigenvalue weighted by Crippen LogP contribution is -2.43. The van der Waals surface area contributed by atoms with E-state index in [1.165, 1.54) is 0 Å². The first-order valence-corrected chi connectivity index (χ1v) is 10.1. The van der Waals surface area contributed by atoms with E-state index in [4.69, 9.17) is 14.2 Å². The van der Waals surface area contributed by atoms with Gasteiger partial charge in [-0.3, -0.25) is 9.80 Å². The van der Waals surface area contributed by atoms with Gasteiger partial charge in [0, 0.05) is 32.7 Å². The summed E-state index contributed by atoms with van der Waals surface area (Å²) in [7, 11) is 3.68. The lowest BCUT2D eigenvalue weighted by molar-refractivity contribution is 0.00825. The molecule has 158 valence electrons. The largest absolute Gasteiger partial charge is 0.493 e. The number of rotatable bonds is 10. The van der Waals surface area contributed by atoms with Gasteiger partial charge in [0.25, 0.3) is 0 Å². The van der Waals surface area contributed by atoms with Gasteiger partial charge in [-0.15, -0.1) is 0 Å². The molecule has 1 atom stereocenters. The Balaban J connectivity index is 1.50. The third-order valence-corrected chi connectivity index (χ3v) is 5.01. The van der Waals surface area contributed by atoms with Crippen LogP contribution in [0, 0.1) is 0 Å². The Hall–Kier alpha value is -2.12. The molecule has 1 aliphatic heterocycles. The summed E-state index contributed by atoms with van der Waals surface area (Å²) >= 11 is 0. The van der Waals surface area contributed by atoms with Crippen molar-refractivity contribution in [2.45, 2.75) is 19.3 Å². The van der Waals surface area contributed by atoms with E-state index in [-0.39, 0.29) is 6.10 Å². The van der Waals surface area contributed by atoms with Crippen LogP contribution in [0.3, 0.4) is 0 Å². The normalized spacial score (nSPS) is 16.0. The Bertz CT molecular complexity index is 735. The number of hydrogen-bond acceptors (Lipinski definition) is 6. The molecule has 2 aromatic carbocycles. The second-order valence-electron chi connectivity index (χ2n) is 7.52. The molecule has 0 spiro atoms. The molecule has 0 unspecified atom stereocenters. The minimum Gasteiger partial charge on any atom is -0.493 e. The Morgan fingerprint density at radius 3 is 2.55 bits per heavy atom. The Morgan fingerprint density at radius 2 is 1.83 bits per heavy atom. The van der Waals surface area contributed by atoms with Gasteiger partial charge in [-0.1, -0.05) is 36.4 Å². The average Bonchev–Trinajstić information content (AvgIpc) is 2.74. The maximum atomic E-state index is 10.4. The summed E-state index contributed by atoms with van der Waals surface area (Å²) in [4.78, 5) is 4.38. The van der Waals surface area contributed by atoms with Gasteiger partial charge in [-0.25, -0.2) is 0 Å².